The van der Waals surface area contributed by atoms with Gasteiger partial charge in [-0.15, -0.1) is 0 Å². The number of nitrogens with zero attached hydrogens (tertiary/aromatic N) is 3. The van der Waals surface area contributed by atoms with E-state index in [2.05, 4.69) is 4.90 Å². The molecule has 0 saturated carbocycles. The third-order valence-electron chi connectivity index (χ3n) is 5.45. The number of amides is 2. The molecule has 2 aromatic rings. The minimum atomic E-state index is -0.923. The first kappa shape index (κ1) is 19.3. The van der Waals surface area contributed by atoms with Crippen LogP contribution in [0.15, 0.2) is 42.5 Å². The number of anilines is 2. The van der Waals surface area contributed by atoms with Gasteiger partial charge in [-0.25, -0.2) is 13.7 Å². The van der Waals surface area contributed by atoms with Crippen LogP contribution in [0.3, 0.4) is 0 Å². The van der Waals surface area contributed by atoms with E-state index in [1.807, 2.05) is 29.2 Å². The molecule has 2 aromatic carbocycles. The van der Waals surface area contributed by atoms with Crippen LogP contribution in [0, 0.1) is 11.6 Å². The molecular weight excluding hydrogens is 380 g/mol. The molecule has 1 atom stereocenters. The van der Waals surface area contributed by atoms with E-state index in [1.165, 1.54) is 0 Å². The number of hydrogen-bond donors (Lipinski definition) is 0. The van der Waals surface area contributed by atoms with Crippen molar-refractivity contribution < 1.29 is 23.1 Å². The van der Waals surface area contributed by atoms with Gasteiger partial charge in [0.25, 0.3) is 5.91 Å². The molecule has 0 spiro atoms. The number of para-hydroxylation sites is 2. The van der Waals surface area contributed by atoms with Crippen molar-refractivity contribution in [2.75, 3.05) is 43.1 Å². The van der Waals surface area contributed by atoms with Crippen molar-refractivity contribution in [3.8, 4) is 5.75 Å². The zero-order chi connectivity index (χ0) is 20.5. The van der Waals surface area contributed by atoms with E-state index in [1.54, 1.807) is 7.11 Å². The summed E-state index contributed by atoms with van der Waals surface area (Å²) in [6.07, 6.45) is -0.00962. The Labute approximate surface area is 167 Å². The summed E-state index contributed by atoms with van der Waals surface area (Å²) < 4.78 is 32.7. The maximum atomic E-state index is 14.1. The third-order valence-corrected chi connectivity index (χ3v) is 5.45. The summed E-state index contributed by atoms with van der Waals surface area (Å²) in [5, 5.41) is 0. The Kier molecular flexibility index (Phi) is 5.19. The van der Waals surface area contributed by atoms with Crippen LogP contribution in [0.2, 0.25) is 0 Å². The number of ether oxygens (including phenoxy) is 1. The van der Waals surface area contributed by atoms with Gasteiger partial charge in [0.15, 0.2) is 0 Å². The molecule has 4 rings (SSSR count). The lowest BCUT2D eigenvalue weighted by Gasteiger charge is -2.38. The maximum Gasteiger partial charge on any atom is 0.251 e. The van der Waals surface area contributed by atoms with E-state index in [9.17, 15) is 18.4 Å². The fourth-order valence-electron chi connectivity index (χ4n) is 3.98. The second kappa shape index (κ2) is 7.79. The number of imide groups is 1. The Balaban J connectivity index is 1.47. The Morgan fingerprint density at radius 2 is 1.69 bits per heavy atom. The molecule has 6 nitrogen and oxygen atoms in total. The van der Waals surface area contributed by atoms with Gasteiger partial charge in [0.05, 0.1) is 30.9 Å². The van der Waals surface area contributed by atoms with Crippen molar-refractivity contribution in [3.05, 3.63) is 54.1 Å². The van der Waals surface area contributed by atoms with Gasteiger partial charge in [0.1, 0.15) is 17.4 Å². The number of halogens is 2. The standard InChI is InChI=1S/C21H21F2N3O3/c1-29-19-5-3-2-4-17(19)24-8-10-25(11-9-24)18-13-20(27)26(21(18)28)16-7-6-14(22)12-15(16)23/h2-7,12,18H,8-11,13H2,1H3/t18-/m1/s1. The van der Waals surface area contributed by atoms with Crippen LogP contribution >= 0.6 is 0 Å². The molecule has 2 amide bonds. The minimum Gasteiger partial charge on any atom is -0.495 e. The van der Waals surface area contributed by atoms with Crippen molar-refractivity contribution in [2.24, 2.45) is 0 Å². The van der Waals surface area contributed by atoms with Crippen LogP contribution in [-0.4, -0.2) is 56.0 Å². The van der Waals surface area contributed by atoms with E-state index in [0.717, 1.165) is 28.5 Å². The van der Waals surface area contributed by atoms with E-state index in [0.29, 0.717) is 32.2 Å². The van der Waals surface area contributed by atoms with Gasteiger partial charge in [-0.3, -0.25) is 14.5 Å². The number of methoxy groups -OCH3 is 1. The fraction of sp³-hybridized carbons (Fsp3) is 0.333. The highest BCUT2D eigenvalue weighted by molar-refractivity contribution is 6.22. The van der Waals surface area contributed by atoms with Crippen LogP contribution in [0.5, 0.6) is 5.75 Å². The first-order valence-corrected chi connectivity index (χ1v) is 9.43. The van der Waals surface area contributed by atoms with Crippen LogP contribution in [-0.2, 0) is 9.59 Å². The molecule has 0 radical (unpaired) electrons. The average molecular weight is 401 g/mol. The first-order chi connectivity index (χ1) is 14.0. The molecule has 152 valence electrons. The second-order valence-corrected chi connectivity index (χ2v) is 7.08. The molecule has 2 aliphatic heterocycles. The molecule has 0 aromatic heterocycles. The Morgan fingerprint density at radius 3 is 2.38 bits per heavy atom. The van der Waals surface area contributed by atoms with Gasteiger partial charge in [-0.05, 0) is 24.3 Å². The van der Waals surface area contributed by atoms with E-state index in [-0.39, 0.29) is 12.1 Å². The molecule has 0 N–H and O–H groups in total. The number of carbonyl (C=O) groups excluding carboxylic acids is 2. The van der Waals surface area contributed by atoms with Crippen LogP contribution < -0.4 is 14.5 Å². The highest BCUT2D eigenvalue weighted by atomic mass is 19.1. The lowest BCUT2D eigenvalue weighted by atomic mass is 10.1. The summed E-state index contributed by atoms with van der Waals surface area (Å²) in [5.41, 5.74) is 0.787. The van der Waals surface area contributed by atoms with Gasteiger partial charge in [-0.1, -0.05) is 12.1 Å². The summed E-state index contributed by atoms with van der Waals surface area (Å²) in [6, 6.07) is 9.94. The quantitative estimate of drug-likeness (QED) is 0.737. The van der Waals surface area contributed by atoms with Crippen LogP contribution in [0.1, 0.15) is 6.42 Å². The number of hydrogen-bond acceptors (Lipinski definition) is 5. The molecular formula is C21H21F2N3O3. The summed E-state index contributed by atoms with van der Waals surface area (Å²) in [6.45, 7) is 2.51. The zero-order valence-corrected chi connectivity index (χ0v) is 16.0. The smallest absolute Gasteiger partial charge is 0.251 e. The monoisotopic (exact) mass is 401 g/mol. The zero-order valence-electron chi connectivity index (χ0n) is 16.0. The lowest BCUT2D eigenvalue weighted by molar-refractivity contribution is -0.123. The highest BCUT2D eigenvalue weighted by Crippen LogP contribution is 2.31. The largest absolute Gasteiger partial charge is 0.495 e. The van der Waals surface area contributed by atoms with E-state index >= 15 is 0 Å². The maximum absolute atomic E-state index is 14.1. The fourth-order valence-corrected chi connectivity index (χ4v) is 3.98. The molecule has 0 aliphatic carbocycles. The molecule has 8 heteroatoms. The minimum absolute atomic E-state index is 0.00962. The molecule has 0 bridgehead atoms. The van der Waals surface area contributed by atoms with Gasteiger partial charge in [-0.2, -0.15) is 0 Å². The summed E-state index contributed by atoms with van der Waals surface area (Å²) >= 11 is 0. The molecule has 29 heavy (non-hydrogen) atoms. The van der Waals surface area contributed by atoms with Crippen molar-refractivity contribution in [1.29, 1.82) is 0 Å². The average Bonchev–Trinajstić information content (AvgIpc) is 3.02. The molecule has 2 saturated heterocycles. The van der Waals surface area contributed by atoms with Gasteiger partial charge < -0.3 is 9.64 Å². The highest BCUT2D eigenvalue weighted by Gasteiger charge is 2.44. The Hall–Kier alpha value is -3.00. The molecule has 0 unspecified atom stereocenters. The van der Waals surface area contributed by atoms with Gasteiger partial charge in [0.2, 0.25) is 5.91 Å². The van der Waals surface area contributed by atoms with E-state index < -0.39 is 29.5 Å². The van der Waals surface area contributed by atoms with Gasteiger partial charge >= 0.3 is 0 Å². The SMILES string of the molecule is COc1ccccc1N1CCN([C@@H]2CC(=O)N(c3ccc(F)cc3F)C2=O)CC1. The van der Waals surface area contributed by atoms with Crippen molar-refractivity contribution in [3.63, 3.8) is 0 Å². The lowest BCUT2D eigenvalue weighted by Crippen LogP contribution is -2.52. The topological polar surface area (TPSA) is 53.1 Å². The summed E-state index contributed by atoms with van der Waals surface area (Å²) in [4.78, 5) is 30.3. The van der Waals surface area contributed by atoms with Crippen molar-refractivity contribution in [1.82, 2.24) is 4.90 Å². The molecule has 2 fully saturated rings. The number of benzene rings is 2. The third kappa shape index (κ3) is 3.55. The number of rotatable bonds is 4. The molecule has 2 aliphatic rings. The predicted molar refractivity (Wildman–Crippen MR) is 104 cm³/mol. The second-order valence-electron chi connectivity index (χ2n) is 7.08. The van der Waals surface area contributed by atoms with Crippen LogP contribution in [0.25, 0.3) is 0 Å². The predicted octanol–water partition coefficient (Wildman–Crippen LogP) is 2.43. The van der Waals surface area contributed by atoms with Crippen molar-refractivity contribution in [2.45, 2.75) is 12.5 Å². The number of carbonyl (C=O) groups is 2. The normalized spacial score (nSPS) is 20.4. The van der Waals surface area contributed by atoms with Crippen LogP contribution in [0.4, 0.5) is 20.2 Å². The summed E-state index contributed by atoms with van der Waals surface area (Å²) in [5.74, 6) is -1.84. The molecule has 2 heterocycles. The first-order valence-electron chi connectivity index (χ1n) is 9.43. The van der Waals surface area contributed by atoms with Crippen molar-refractivity contribution >= 4 is 23.2 Å². The number of piperazine rings is 1. The van der Waals surface area contributed by atoms with E-state index in [4.69, 9.17) is 4.74 Å². The Morgan fingerprint density at radius 1 is 0.966 bits per heavy atom. The Bertz CT molecular complexity index is 945. The summed E-state index contributed by atoms with van der Waals surface area (Å²) in [7, 11) is 1.63. The van der Waals surface area contributed by atoms with Gasteiger partial charge in [0, 0.05) is 32.2 Å².